The fourth-order valence-corrected chi connectivity index (χ4v) is 3.88. The van der Waals surface area contributed by atoms with E-state index in [0.29, 0.717) is 10.0 Å². The summed E-state index contributed by atoms with van der Waals surface area (Å²) in [5.74, 6) is -0.519. The van der Waals surface area contributed by atoms with Crippen LogP contribution in [0.4, 0.5) is 0 Å². The maximum atomic E-state index is 12.7. The largest absolute Gasteiger partial charge is 0.488 e. The van der Waals surface area contributed by atoms with E-state index in [2.05, 4.69) is 4.72 Å². The Kier molecular flexibility index (Phi) is 6.47. The molecule has 0 aliphatic heterocycles. The zero-order valence-electron chi connectivity index (χ0n) is 15.4. The number of hydrogen-bond acceptors (Lipinski definition) is 4. The predicted octanol–water partition coefficient (Wildman–Crippen LogP) is 5.00. The molecule has 0 radical (unpaired) electrons. The summed E-state index contributed by atoms with van der Waals surface area (Å²) < 4.78 is 32.8. The van der Waals surface area contributed by atoms with E-state index in [1.54, 1.807) is 30.3 Å². The molecule has 0 aliphatic rings. The molecule has 8 heteroatoms. The van der Waals surface area contributed by atoms with Crippen molar-refractivity contribution >= 4 is 39.1 Å². The van der Waals surface area contributed by atoms with E-state index in [0.717, 1.165) is 11.1 Å². The Hall–Kier alpha value is -2.54. The molecule has 3 rings (SSSR count). The van der Waals surface area contributed by atoms with Gasteiger partial charge in [0.2, 0.25) is 0 Å². The topological polar surface area (TPSA) is 72.5 Å². The van der Waals surface area contributed by atoms with Crippen LogP contribution in [0.3, 0.4) is 0 Å². The lowest BCUT2D eigenvalue weighted by Gasteiger charge is -2.13. The summed E-state index contributed by atoms with van der Waals surface area (Å²) in [6.45, 7) is 2.02. The van der Waals surface area contributed by atoms with Crippen molar-refractivity contribution in [3.63, 3.8) is 0 Å². The third-order valence-corrected chi connectivity index (χ3v) is 5.85. The number of aryl methyl sites for hydroxylation is 1. The van der Waals surface area contributed by atoms with E-state index in [9.17, 15) is 13.2 Å². The van der Waals surface area contributed by atoms with Gasteiger partial charge in [-0.2, -0.15) is 0 Å². The van der Waals surface area contributed by atoms with Crippen molar-refractivity contribution in [1.29, 1.82) is 0 Å². The van der Waals surface area contributed by atoms with Crippen LogP contribution in [0.2, 0.25) is 10.0 Å². The molecular formula is C21H17Cl2NO4S. The second-order valence-corrected chi connectivity index (χ2v) is 8.86. The second kappa shape index (κ2) is 8.86. The molecule has 0 aliphatic carbocycles. The lowest BCUT2D eigenvalue weighted by Crippen LogP contribution is -2.31. The number of carbonyl (C=O) groups excluding carboxylic acids is 1. The minimum Gasteiger partial charge on any atom is -0.488 e. The summed E-state index contributed by atoms with van der Waals surface area (Å²) in [6, 6.07) is 17.6. The minimum absolute atomic E-state index is 0.0660. The van der Waals surface area contributed by atoms with Crippen molar-refractivity contribution in [3.05, 3.63) is 93.5 Å². The Morgan fingerprint density at radius 3 is 2.38 bits per heavy atom. The number of carbonyl (C=O) groups is 1. The molecule has 0 spiro atoms. The van der Waals surface area contributed by atoms with Gasteiger partial charge in [0.05, 0.1) is 10.5 Å². The van der Waals surface area contributed by atoms with Crippen LogP contribution in [0.1, 0.15) is 21.5 Å². The summed E-state index contributed by atoms with van der Waals surface area (Å²) in [5, 5.41) is 0.966. The van der Waals surface area contributed by atoms with Gasteiger partial charge in [-0.1, -0.05) is 41.4 Å². The van der Waals surface area contributed by atoms with E-state index in [1.165, 1.54) is 30.3 Å². The first-order chi connectivity index (χ1) is 13.7. The average Bonchev–Trinajstić information content (AvgIpc) is 2.66. The van der Waals surface area contributed by atoms with Crippen LogP contribution in [0.25, 0.3) is 0 Å². The quantitative estimate of drug-likeness (QED) is 0.574. The normalized spacial score (nSPS) is 11.1. The van der Waals surface area contributed by atoms with Gasteiger partial charge in [-0.25, -0.2) is 13.1 Å². The van der Waals surface area contributed by atoms with Gasteiger partial charge < -0.3 is 4.74 Å². The minimum atomic E-state index is -4.06. The zero-order chi connectivity index (χ0) is 21.0. The Labute approximate surface area is 179 Å². The molecular weight excluding hydrogens is 433 g/mol. The number of hydrogen-bond donors (Lipinski definition) is 1. The molecule has 0 atom stereocenters. The first-order valence-corrected chi connectivity index (χ1v) is 10.8. The summed E-state index contributed by atoms with van der Waals surface area (Å²) in [7, 11) is -4.06. The average molecular weight is 450 g/mol. The zero-order valence-corrected chi connectivity index (χ0v) is 17.7. The van der Waals surface area contributed by atoms with Crippen molar-refractivity contribution in [1.82, 2.24) is 4.72 Å². The Morgan fingerprint density at radius 2 is 1.69 bits per heavy atom. The highest BCUT2D eigenvalue weighted by molar-refractivity contribution is 7.90. The number of benzene rings is 3. The molecule has 0 unspecified atom stereocenters. The number of halogens is 2. The molecule has 1 amide bonds. The van der Waals surface area contributed by atoms with Crippen molar-refractivity contribution in [2.45, 2.75) is 18.4 Å². The molecule has 1 N–H and O–H groups in total. The number of amides is 1. The van der Waals surface area contributed by atoms with Gasteiger partial charge in [-0.05, 0) is 66.6 Å². The monoisotopic (exact) mass is 449 g/mol. The molecule has 0 bridgehead atoms. The lowest BCUT2D eigenvalue weighted by molar-refractivity contribution is 0.0977. The van der Waals surface area contributed by atoms with Gasteiger partial charge in [0.1, 0.15) is 12.4 Å². The van der Waals surface area contributed by atoms with E-state index >= 15 is 0 Å². The van der Waals surface area contributed by atoms with E-state index < -0.39 is 15.9 Å². The van der Waals surface area contributed by atoms with Crippen molar-refractivity contribution in [3.8, 4) is 5.75 Å². The molecule has 0 heterocycles. The number of sulfonamides is 1. The third kappa shape index (κ3) is 5.50. The van der Waals surface area contributed by atoms with Gasteiger partial charge in [-0.15, -0.1) is 0 Å². The molecule has 150 valence electrons. The molecule has 29 heavy (non-hydrogen) atoms. The summed E-state index contributed by atoms with van der Waals surface area (Å²) in [5.41, 5.74) is 1.79. The van der Waals surface area contributed by atoms with E-state index in [4.69, 9.17) is 27.9 Å². The molecule has 5 nitrogen and oxygen atoms in total. The molecule has 0 saturated heterocycles. The number of nitrogens with one attached hydrogen (secondary N) is 1. The summed E-state index contributed by atoms with van der Waals surface area (Å²) in [6.07, 6.45) is 0. The molecule has 3 aromatic rings. The van der Waals surface area contributed by atoms with Crippen LogP contribution in [0.5, 0.6) is 5.75 Å². The summed E-state index contributed by atoms with van der Waals surface area (Å²) in [4.78, 5) is 12.6. The number of ether oxygens (including phenoxy) is 1. The maximum Gasteiger partial charge on any atom is 0.268 e. The first kappa shape index (κ1) is 21.2. The van der Waals surface area contributed by atoms with Crippen LogP contribution in [-0.4, -0.2) is 14.3 Å². The van der Waals surface area contributed by atoms with Crippen LogP contribution in [0.15, 0.2) is 71.6 Å². The van der Waals surface area contributed by atoms with Crippen LogP contribution < -0.4 is 9.46 Å². The van der Waals surface area contributed by atoms with Gasteiger partial charge in [0.25, 0.3) is 15.9 Å². The Morgan fingerprint density at radius 1 is 0.966 bits per heavy atom. The fourth-order valence-electron chi connectivity index (χ4n) is 2.57. The standard InChI is InChI=1S/C21H17Cl2NO4S/c1-14-5-10-19(20(11-14)28-13-15-3-2-4-17(23)12-15)21(25)24-29(26,27)18-8-6-16(22)7-9-18/h2-12H,13H2,1H3,(H,24,25). The van der Waals surface area contributed by atoms with Gasteiger partial charge in [0, 0.05) is 10.0 Å². The van der Waals surface area contributed by atoms with Crippen LogP contribution in [0, 0.1) is 6.92 Å². The fraction of sp³-hybridized carbons (Fsp3) is 0.0952. The van der Waals surface area contributed by atoms with Crippen LogP contribution >= 0.6 is 23.2 Å². The summed E-state index contributed by atoms with van der Waals surface area (Å²) >= 11 is 11.8. The molecule has 0 fully saturated rings. The van der Waals surface area contributed by atoms with Crippen molar-refractivity contribution in [2.75, 3.05) is 0 Å². The highest BCUT2D eigenvalue weighted by Gasteiger charge is 2.21. The highest BCUT2D eigenvalue weighted by Crippen LogP contribution is 2.23. The van der Waals surface area contributed by atoms with Gasteiger partial charge >= 0.3 is 0 Å². The molecule has 3 aromatic carbocycles. The van der Waals surface area contributed by atoms with Gasteiger partial charge in [0.15, 0.2) is 0 Å². The predicted molar refractivity (Wildman–Crippen MR) is 113 cm³/mol. The molecule has 0 aromatic heterocycles. The Bertz CT molecular complexity index is 1150. The SMILES string of the molecule is Cc1ccc(C(=O)NS(=O)(=O)c2ccc(Cl)cc2)c(OCc2cccc(Cl)c2)c1. The molecule has 0 saturated carbocycles. The third-order valence-electron chi connectivity index (χ3n) is 4.02. The van der Waals surface area contributed by atoms with Crippen molar-refractivity contribution in [2.24, 2.45) is 0 Å². The van der Waals surface area contributed by atoms with E-state index in [1.807, 2.05) is 13.0 Å². The second-order valence-electron chi connectivity index (χ2n) is 6.31. The smallest absolute Gasteiger partial charge is 0.268 e. The first-order valence-electron chi connectivity index (χ1n) is 8.55. The number of rotatable bonds is 6. The van der Waals surface area contributed by atoms with Gasteiger partial charge in [-0.3, -0.25) is 4.79 Å². The lowest BCUT2D eigenvalue weighted by atomic mass is 10.1. The van der Waals surface area contributed by atoms with Crippen molar-refractivity contribution < 1.29 is 17.9 Å². The Balaban J connectivity index is 1.82. The van der Waals surface area contributed by atoms with E-state index in [-0.39, 0.29) is 22.8 Å². The van der Waals surface area contributed by atoms with Crippen LogP contribution in [-0.2, 0) is 16.6 Å². The highest BCUT2D eigenvalue weighted by atomic mass is 35.5. The maximum absolute atomic E-state index is 12.7.